The average Bonchev–Trinajstić information content (AvgIpc) is 2.76. The summed E-state index contributed by atoms with van der Waals surface area (Å²) in [5.74, 6) is -2.88. The van der Waals surface area contributed by atoms with Gasteiger partial charge in [0.1, 0.15) is 17.3 Å². The molecule has 1 aromatic rings. The van der Waals surface area contributed by atoms with Crippen LogP contribution in [0.1, 0.15) is 60.4 Å². The first-order valence-corrected chi connectivity index (χ1v) is 8.91. The Morgan fingerprint density at radius 3 is 2.48 bits per heavy atom. The van der Waals surface area contributed by atoms with Crippen molar-refractivity contribution in [1.82, 2.24) is 4.90 Å². The number of carboxylic acids is 1. The zero-order valence-corrected chi connectivity index (χ0v) is 19.4. The quantitative estimate of drug-likeness (QED) is 0.775. The summed E-state index contributed by atoms with van der Waals surface area (Å²) < 4.78 is 19.4. The minimum absolute atomic E-state index is 0. The van der Waals surface area contributed by atoms with E-state index in [4.69, 9.17) is 16.3 Å². The molecule has 0 radical (unpaired) electrons. The molecule has 0 aromatic heterocycles. The SMILES string of the molecule is CC(C)(C)OC(=O)N1C(C(C(=O)O)c2ccc(Cl)c(F)c2)CCC1(C)C.[H-].[Na+]. The number of benzene rings is 1. The molecule has 1 N–H and O–H groups in total. The number of aliphatic carboxylic acids is 1. The summed E-state index contributed by atoms with van der Waals surface area (Å²) >= 11 is 5.71. The topological polar surface area (TPSA) is 66.8 Å². The Bertz CT molecular complexity index is 726. The fraction of sp³-hybridized carbons (Fsp3) is 0.579. The molecule has 0 saturated carbocycles. The van der Waals surface area contributed by atoms with Crippen LogP contribution in [0.15, 0.2) is 18.2 Å². The molecule has 8 heteroatoms. The van der Waals surface area contributed by atoms with E-state index in [-0.39, 0.29) is 41.6 Å². The molecule has 146 valence electrons. The first-order chi connectivity index (χ1) is 11.8. The van der Waals surface area contributed by atoms with Gasteiger partial charge in [0.05, 0.1) is 11.1 Å². The summed E-state index contributed by atoms with van der Waals surface area (Å²) in [6.07, 6.45) is 0.537. The molecule has 1 saturated heterocycles. The zero-order chi connectivity index (χ0) is 19.9. The molecule has 0 spiro atoms. The molecule has 1 amide bonds. The van der Waals surface area contributed by atoms with Crippen molar-refractivity contribution in [3.63, 3.8) is 0 Å². The molecule has 1 aliphatic heterocycles. The van der Waals surface area contributed by atoms with Gasteiger partial charge in [-0.3, -0.25) is 9.69 Å². The van der Waals surface area contributed by atoms with Crippen molar-refractivity contribution >= 4 is 23.7 Å². The van der Waals surface area contributed by atoms with Gasteiger partial charge in [0.15, 0.2) is 0 Å². The molecule has 5 nitrogen and oxygen atoms in total. The minimum Gasteiger partial charge on any atom is -1.00 e. The van der Waals surface area contributed by atoms with Crippen LogP contribution in [0, 0.1) is 5.82 Å². The third-order valence-corrected chi connectivity index (χ3v) is 4.89. The normalized spacial score (nSPS) is 20.0. The van der Waals surface area contributed by atoms with Crippen molar-refractivity contribution in [3.8, 4) is 0 Å². The van der Waals surface area contributed by atoms with E-state index in [1.165, 1.54) is 17.0 Å². The molecule has 1 fully saturated rings. The van der Waals surface area contributed by atoms with Crippen LogP contribution in [-0.4, -0.2) is 39.3 Å². The van der Waals surface area contributed by atoms with Crippen LogP contribution in [0.25, 0.3) is 0 Å². The molecule has 0 aliphatic carbocycles. The summed E-state index contributed by atoms with van der Waals surface area (Å²) in [4.78, 5) is 26.3. The minimum atomic E-state index is -1.12. The molecule has 2 atom stereocenters. The monoisotopic (exact) mass is 409 g/mol. The van der Waals surface area contributed by atoms with Crippen molar-refractivity contribution in [3.05, 3.63) is 34.6 Å². The van der Waals surface area contributed by atoms with Gasteiger partial charge in [-0.15, -0.1) is 0 Å². The number of carbonyl (C=O) groups is 2. The number of hydrogen-bond donors (Lipinski definition) is 1. The number of carboxylic acid groups (broad SMARTS) is 1. The number of rotatable bonds is 3. The van der Waals surface area contributed by atoms with Crippen LogP contribution in [0.5, 0.6) is 0 Å². The molecule has 1 aromatic carbocycles. The largest absolute Gasteiger partial charge is 1.00 e. The van der Waals surface area contributed by atoms with Crippen molar-refractivity contribution in [2.45, 2.75) is 70.6 Å². The number of halogens is 2. The van der Waals surface area contributed by atoms with Crippen molar-refractivity contribution in [1.29, 1.82) is 0 Å². The van der Waals surface area contributed by atoms with Crippen molar-refractivity contribution < 1.29 is 54.8 Å². The Kier molecular flexibility index (Phi) is 7.79. The second-order valence-electron chi connectivity index (χ2n) is 8.26. The van der Waals surface area contributed by atoms with Crippen LogP contribution < -0.4 is 29.6 Å². The number of nitrogens with zero attached hydrogens (tertiary/aromatic N) is 1. The van der Waals surface area contributed by atoms with E-state index in [1.807, 2.05) is 13.8 Å². The molecule has 1 heterocycles. The first kappa shape index (κ1) is 24.2. The maximum Gasteiger partial charge on any atom is 1.00 e. The molecule has 27 heavy (non-hydrogen) atoms. The van der Waals surface area contributed by atoms with Crippen LogP contribution in [0.2, 0.25) is 5.02 Å². The Balaban J connectivity index is 0.00000364. The standard InChI is InChI=1S/C19H25ClFNO4.Na.H/c1-18(2,3)26-17(25)22-14(8-9-19(22,4)5)15(16(23)24)11-6-7-12(20)13(21)10-11;;/h6-7,10,14-15H,8-9H2,1-5H3,(H,23,24);;/q;+1;-1. The fourth-order valence-corrected chi connectivity index (χ4v) is 3.56. The van der Waals surface area contributed by atoms with Gasteiger partial charge < -0.3 is 11.3 Å². The van der Waals surface area contributed by atoms with Gasteiger partial charge in [0, 0.05) is 5.54 Å². The third kappa shape index (κ3) is 5.59. The number of amides is 1. The Morgan fingerprint density at radius 2 is 2.00 bits per heavy atom. The number of likely N-dealkylation sites (tertiary alicyclic amines) is 1. The van der Waals surface area contributed by atoms with Crippen molar-refractivity contribution in [2.75, 3.05) is 0 Å². The average molecular weight is 410 g/mol. The summed E-state index contributed by atoms with van der Waals surface area (Å²) in [5.41, 5.74) is -0.993. The molecule has 2 rings (SSSR count). The predicted molar refractivity (Wildman–Crippen MR) is 98.1 cm³/mol. The van der Waals surface area contributed by atoms with Gasteiger partial charge in [-0.25, -0.2) is 9.18 Å². The number of hydrogen-bond acceptors (Lipinski definition) is 3. The summed E-state index contributed by atoms with van der Waals surface area (Å²) in [5, 5.41) is 9.74. The third-order valence-electron chi connectivity index (χ3n) is 4.58. The molecular weight excluding hydrogens is 384 g/mol. The maximum absolute atomic E-state index is 13.9. The molecular formula is C19H26ClFNNaO4. The van der Waals surface area contributed by atoms with Crippen LogP contribution in [0.4, 0.5) is 9.18 Å². The summed E-state index contributed by atoms with van der Waals surface area (Å²) in [6, 6.07) is 3.31. The van der Waals surface area contributed by atoms with Gasteiger partial charge in [0.25, 0.3) is 0 Å². The molecule has 2 unspecified atom stereocenters. The van der Waals surface area contributed by atoms with Gasteiger partial charge in [-0.2, -0.15) is 0 Å². The van der Waals surface area contributed by atoms with Gasteiger partial charge >= 0.3 is 41.6 Å². The molecule has 0 bridgehead atoms. The van der Waals surface area contributed by atoms with Crippen LogP contribution >= 0.6 is 11.6 Å². The van der Waals surface area contributed by atoms with E-state index < -0.39 is 41.0 Å². The Hall–Kier alpha value is -0.820. The van der Waals surface area contributed by atoms with E-state index in [9.17, 15) is 19.1 Å². The first-order valence-electron chi connectivity index (χ1n) is 8.53. The number of ether oxygens (including phenoxy) is 1. The van der Waals surface area contributed by atoms with E-state index in [0.717, 1.165) is 6.07 Å². The van der Waals surface area contributed by atoms with Gasteiger partial charge in [-0.1, -0.05) is 17.7 Å². The van der Waals surface area contributed by atoms with Crippen LogP contribution in [0.3, 0.4) is 0 Å². The predicted octanol–water partition coefficient (Wildman–Crippen LogP) is 1.94. The second-order valence-corrected chi connectivity index (χ2v) is 8.67. The van der Waals surface area contributed by atoms with Crippen LogP contribution in [-0.2, 0) is 9.53 Å². The molecule has 1 aliphatic rings. The summed E-state index contributed by atoms with van der Waals surface area (Å²) in [7, 11) is 0. The number of carbonyl (C=O) groups excluding carboxylic acids is 1. The van der Waals surface area contributed by atoms with E-state index in [0.29, 0.717) is 12.8 Å². The zero-order valence-electron chi connectivity index (χ0n) is 17.7. The smallest absolute Gasteiger partial charge is 1.00 e. The van der Waals surface area contributed by atoms with E-state index >= 15 is 0 Å². The van der Waals surface area contributed by atoms with Crippen molar-refractivity contribution in [2.24, 2.45) is 0 Å². The van der Waals surface area contributed by atoms with Gasteiger partial charge in [-0.05, 0) is 65.2 Å². The summed E-state index contributed by atoms with van der Waals surface area (Å²) in [6.45, 7) is 9.02. The van der Waals surface area contributed by atoms with E-state index in [2.05, 4.69) is 0 Å². The maximum atomic E-state index is 13.9. The second kappa shape index (κ2) is 8.68. The van der Waals surface area contributed by atoms with E-state index in [1.54, 1.807) is 20.8 Å². The van der Waals surface area contributed by atoms with Gasteiger partial charge in [0.2, 0.25) is 0 Å². The Labute approximate surface area is 188 Å². The Morgan fingerprint density at radius 1 is 1.41 bits per heavy atom. The fourth-order valence-electron chi connectivity index (χ4n) is 3.44.